The van der Waals surface area contributed by atoms with E-state index in [2.05, 4.69) is 34.6 Å². The molecule has 0 aromatic carbocycles. The van der Waals surface area contributed by atoms with Gasteiger partial charge in [-0.1, -0.05) is 227 Å². The zero-order chi connectivity index (χ0) is 40.5. The Hall–Kier alpha value is -1.59. The van der Waals surface area contributed by atoms with Crippen LogP contribution < -0.4 is 0 Å². The highest BCUT2D eigenvalue weighted by atomic mass is 16.6. The summed E-state index contributed by atoms with van der Waals surface area (Å²) in [5.41, 5.74) is 0. The minimum absolute atomic E-state index is 0.0649. The van der Waals surface area contributed by atoms with E-state index in [1.165, 1.54) is 154 Å². The van der Waals surface area contributed by atoms with Gasteiger partial charge in [0.15, 0.2) is 6.10 Å². The highest BCUT2D eigenvalue weighted by Crippen LogP contribution is 2.17. The van der Waals surface area contributed by atoms with E-state index >= 15 is 0 Å². The summed E-state index contributed by atoms with van der Waals surface area (Å²) < 4.78 is 16.7. The summed E-state index contributed by atoms with van der Waals surface area (Å²) in [4.78, 5) is 37.7. The van der Waals surface area contributed by atoms with E-state index in [9.17, 15) is 14.4 Å². The van der Waals surface area contributed by atoms with Crippen molar-refractivity contribution in [2.45, 2.75) is 272 Å². The van der Waals surface area contributed by atoms with E-state index in [1.54, 1.807) is 0 Å². The van der Waals surface area contributed by atoms with Crippen molar-refractivity contribution >= 4 is 17.9 Å². The Morgan fingerprint density at radius 2 is 0.600 bits per heavy atom. The van der Waals surface area contributed by atoms with E-state index in [-0.39, 0.29) is 31.1 Å². The molecule has 0 heterocycles. The zero-order valence-electron chi connectivity index (χ0n) is 37.6. The lowest BCUT2D eigenvalue weighted by Gasteiger charge is -2.18. The van der Waals surface area contributed by atoms with E-state index < -0.39 is 6.10 Å². The average molecular weight is 779 g/mol. The number of esters is 3. The predicted octanol–water partition coefficient (Wildman–Crippen LogP) is 15.4. The van der Waals surface area contributed by atoms with E-state index in [0.717, 1.165) is 69.6 Å². The number of hydrogen-bond acceptors (Lipinski definition) is 6. The number of rotatable bonds is 43. The molecular formula is C49H94O6. The molecule has 0 radical (unpaired) electrons. The molecule has 0 aliphatic heterocycles. The second-order valence-corrected chi connectivity index (χ2v) is 17.7. The summed E-state index contributed by atoms with van der Waals surface area (Å²) >= 11 is 0. The molecule has 1 atom stereocenters. The Bertz CT molecular complexity index is 839. The molecule has 6 nitrogen and oxygen atoms in total. The quantitative estimate of drug-likeness (QED) is 0.0348. The molecule has 0 spiro atoms. The van der Waals surface area contributed by atoms with E-state index in [1.807, 2.05) is 0 Å². The van der Waals surface area contributed by atoms with Crippen LogP contribution in [-0.4, -0.2) is 37.2 Å². The molecule has 0 saturated carbocycles. The van der Waals surface area contributed by atoms with Crippen molar-refractivity contribution in [3.8, 4) is 0 Å². The van der Waals surface area contributed by atoms with Gasteiger partial charge in [0.05, 0.1) is 0 Å². The van der Waals surface area contributed by atoms with Gasteiger partial charge < -0.3 is 14.2 Å². The van der Waals surface area contributed by atoms with Crippen molar-refractivity contribution < 1.29 is 28.6 Å². The standard InChI is InChI=1S/C49H94O6/c1-6-7-8-9-10-11-20-24-31-36-41-49(52)55-46(43-54-48(51)40-35-30-26-25-28-33-38-45(4)5)42-53-47(50)39-34-29-23-21-18-16-14-12-13-15-17-19-22-27-32-37-44(2)3/h44-46H,6-43H2,1-5H3/t46-/m1/s1. The van der Waals surface area contributed by atoms with Gasteiger partial charge in [0.25, 0.3) is 0 Å². The molecule has 6 heteroatoms. The maximum Gasteiger partial charge on any atom is 0.306 e. The van der Waals surface area contributed by atoms with Gasteiger partial charge in [-0.3, -0.25) is 14.4 Å². The van der Waals surface area contributed by atoms with Gasteiger partial charge in [-0.25, -0.2) is 0 Å². The van der Waals surface area contributed by atoms with Gasteiger partial charge in [-0.2, -0.15) is 0 Å². The summed E-state index contributed by atoms with van der Waals surface area (Å²) in [5, 5.41) is 0. The van der Waals surface area contributed by atoms with Gasteiger partial charge >= 0.3 is 17.9 Å². The van der Waals surface area contributed by atoms with Crippen molar-refractivity contribution in [2.75, 3.05) is 13.2 Å². The van der Waals surface area contributed by atoms with Crippen LogP contribution in [0.5, 0.6) is 0 Å². The Morgan fingerprint density at radius 3 is 0.891 bits per heavy atom. The fraction of sp³-hybridized carbons (Fsp3) is 0.939. The predicted molar refractivity (Wildman–Crippen MR) is 233 cm³/mol. The number of ether oxygens (including phenoxy) is 3. The van der Waals surface area contributed by atoms with Crippen molar-refractivity contribution in [1.82, 2.24) is 0 Å². The minimum atomic E-state index is -0.760. The highest BCUT2D eigenvalue weighted by Gasteiger charge is 2.19. The first-order valence-corrected chi connectivity index (χ1v) is 24.2. The Labute approximate surface area is 342 Å². The fourth-order valence-corrected chi connectivity index (χ4v) is 7.28. The van der Waals surface area contributed by atoms with Crippen molar-refractivity contribution in [3.05, 3.63) is 0 Å². The second-order valence-electron chi connectivity index (χ2n) is 17.7. The average Bonchev–Trinajstić information content (AvgIpc) is 3.15. The molecular weight excluding hydrogens is 685 g/mol. The summed E-state index contributed by atoms with van der Waals surface area (Å²) in [7, 11) is 0. The van der Waals surface area contributed by atoms with Crippen LogP contribution in [0.2, 0.25) is 0 Å². The molecule has 0 rings (SSSR count). The van der Waals surface area contributed by atoms with Gasteiger partial charge in [0.2, 0.25) is 0 Å². The highest BCUT2D eigenvalue weighted by molar-refractivity contribution is 5.71. The van der Waals surface area contributed by atoms with Crippen LogP contribution in [0.25, 0.3) is 0 Å². The SMILES string of the molecule is CCCCCCCCCCCCC(=O)O[C@H](COC(=O)CCCCCCCCCCCCCCCCCC(C)C)COC(=O)CCCCCCCCC(C)C. The molecule has 0 aliphatic carbocycles. The van der Waals surface area contributed by atoms with E-state index in [0.29, 0.717) is 19.3 Å². The van der Waals surface area contributed by atoms with Gasteiger partial charge in [0.1, 0.15) is 13.2 Å². The van der Waals surface area contributed by atoms with Crippen LogP contribution >= 0.6 is 0 Å². The van der Waals surface area contributed by atoms with Crippen LogP contribution in [0.4, 0.5) is 0 Å². The molecule has 326 valence electrons. The van der Waals surface area contributed by atoms with Crippen LogP contribution in [0.1, 0.15) is 266 Å². The normalized spacial score (nSPS) is 12.1. The molecule has 55 heavy (non-hydrogen) atoms. The maximum atomic E-state index is 12.7. The van der Waals surface area contributed by atoms with Gasteiger partial charge in [-0.15, -0.1) is 0 Å². The third-order valence-electron chi connectivity index (χ3n) is 11.0. The molecule has 0 fully saturated rings. The van der Waals surface area contributed by atoms with E-state index in [4.69, 9.17) is 14.2 Å². The monoisotopic (exact) mass is 779 g/mol. The number of unbranched alkanes of at least 4 members (excludes halogenated alkanes) is 28. The molecule has 0 aromatic heterocycles. The third-order valence-corrected chi connectivity index (χ3v) is 11.0. The zero-order valence-corrected chi connectivity index (χ0v) is 37.6. The number of hydrogen-bond donors (Lipinski definition) is 0. The lowest BCUT2D eigenvalue weighted by atomic mass is 10.0. The lowest BCUT2D eigenvalue weighted by Crippen LogP contribution is -2.30. The molecule has 0 aliphatic rings. The summed E-state index contributed by atoms with van der Waals surface area (Å²) in [6.07, 6.45) is 41.0. The fourth-order valence-electron chi connectivity index (χ4n) is 7.28. The largest absolute Gasteiger partial charge is 0.462 e. The third kappa shape index (κ3) is 43.4. The molecule has 0 bridgehead atoms. The Kier molecular flexibility index (Phi) is 40.8. The topological polar surface area (TPSA) is 78.9 Å². The van der Waals surface area contributed by atoms with Gasteiger partial charge in [0, 0.05) is 19.3 Å². The summed E-state index contributed by atoms with van der Waals surface area (Å²) in [6, 6.07) is 0. The van der Waals surface area contributed by atoms with Crippen LogP contribution in [0.3, 0.4) is 0 Å². The van der Waals surface area contributed by atoms with Crippen LogP contribution in [-0.2, 0) is 28.6 Å². The number of carbonyl (C=O) groups is 3. The maximum absolute atomic E-state index is 12.7. The first-order valence-electron chi connectivity index (χ1n) is 24.2. The lowest BCUT2D eigenvalue weighted by molar-refractivity contribution is -0.167. The molecule has 0 unspecified atom stereocenters. The minimum Gasteiger partial charge on any atom is -0.462 e. The summed E-state index contributed by atoms with van der Waals surface area (Å²) in [6.45, 7) is 11.3. The molecule has 0 N–H and O–H groups in total. The van der Waals surface area contributed by atoms with Crippen molar-refractivity contribution in [2.24, 2.45) is 11.8 Å². The Balaban J connectivity index is 4.22. The number of carbonyl (C=O) groups excluding carboxylic acids is 3. The summed E-state index contributed by atoms with van der Waals surface area (Å²) in [5.74, 6) is 0.754. The van der Waals surface area contributed by atoms with Crippen LogP contribution in [0.15, 0.2) is 0 Å². The van der Waals surface area contributed by atoms with Crippen molar-refractivity contribution in [1.29, 1.82) is 0 Å². The molecule has 0 amide bonds. The first kappa shape index (κ1) is 53.4. The van der Waals surface area contributed by atoms with Crippen molar-refractivity contribution in [3.63, 3.8) is 0 Å². The Morgan fingerprint density at radius 1 is 0.345 bits per heavy atom. The first-order chi connectivity index (χ1) is 26.7. The smallest absolute Gasteiger partial charge is 0.306 e. The molecule has 0 saturated heterocycles. The molecule has 0 aromatic rings. The van der Waals surface area contributed by atoms with Crippen LogP contribution in [0, 0.1) is 11.8 Å². The second kappa shape index (κ2) is 42.0. The van der Waals surface area contributed by atoms with Gasteiger partial charge in [-0.05, 0) is 31.1 Å².